The van der Waals surface area contributed by atoms with E-state index < -0.39 is 17.7 Å². The topological polar surface area (TPSA) is 92.2 Å². The van der Waals surface area contributed by atoms with Crippen molar-refractivity contribution in [3.63, 3.8) is 0 Å². The molecule has 0 aliphatic rings. The molecule has 2 aromatic rings. The molecule has 0 atom stereocenters. The summed E-state index contributed by atoms with van der Waals surface area (Å²) in [5, 5.41) is 11.2. The van der Waals surface area contributed by atoms with Gasteiger partial charge in [0.05, 0.1) is 6.20 Å². The second-order valence-corrected chi connectivity index (χ2v) is 3.52. The van der Waals surface area contributed by atoms with Crippen LogP contribution in [0.4, 0.5) is 10.2 Å². The number of nitrogens with one attached hydrogen (secondary N) is 1. The first-order chi connectivity index (χ1) is 9.08. The van der Waals surface area contributed by atoms with Crippen LogP contribution >= 0.6 is 0 Å². The molecule has 0 saturated heterocycles. The van der Waals surface area contributed by atoms with E-state index in [1.54, 1.807) is 0 Å². The number of rotatable bonds is 3. The number of halogens is 1. The molecule has 96 valence electrons. The van der Waals surface area contributed by atoms with E-state index in [1.165, 1.54) is 24.4 Å². The highest BCUT2D eigenvalue weighted by molar-refractivity contribution is 6.05. The van der Waals surface area contributed by atoms with E-state index in [0.717, 1.165) is 12.3 Å². The molecule has 0 aliphatic carbocycles. The number of aromatic carboxylic acids is 1. The number of nitrogens with zero attached hydrogens (tertiary/aromatic N) is 2. The minimum Gasteiger partial charge on any atom is -0.478 e. The van der Waals surface area contributed by atoms with Gasteiger partial charge in [-0.3, -0.25) is 4.79 Å². The van der Waals surface area contributed by atoms with E-state index >= 15 is 0 Å². The third-order valence-corrected chi connectivity index (χ3v) is 2.23. The van der Waals surface area contributed by atoms with E-state index in [1.807, 2.05) is 0 Å². The van der Waals surface area contributed by atoms with Crippen LogP contribution in [0.1, 0.15) is 20.8 Å². The van der Waals surface area contributed by atoms with Crippen LogP contribution in [-0.4, -0.2) is 27.0 Å². The van der Waals surface area contributed by atoms with E-state index in [4.69, 9.17) is 5.11 Å². The van der Waals surface area contributed by atoms with E-state index in [9.17, 15) is 14.0 Å². The molecule has 0 radical (unpaired) electrons. The Hall–Kier alpha value is -2.83. The van der Waals surface area contributed by atoms with Crippen LogP contribution in [0, 0.1) is 5.82 Å². The Morgan fingerprint density at radius 2 is 2.00 bits per heavy atom. The molecule has 0 unspecified atom stereocenters. The summed E-state index contributed by atoms with van der Waals surface area (Å²) in [4.78, 5) is 30.1. The van der Waals surface area contributed by atoms with Crippen molar-refractivity contribution < 1.29 is 19.1 Å². The van der Waals surface area contributed by atoms with Crippen molar-refractivity contribution in [2.24, 2.45) is 0 Å². The first-order valence-electron chi connectivity index (χ1n) is 5.19. The van der Waals surface area contributed by atoms with Gasteiger partial charge in [-0.1, -0.05) is 0 Å². The van der Waals surface area contributed by atoms with Crippen molar-refractivity contribution in [2.45, 2.75) is 0 Å². The van der Waals surface area contributed by atoms with Crippen molar-refractivity contribution in [2.75, 3.05) is 5.32 Å². The van der Waals surface area contributed by atoms with Crippen molar-refractivity contribution in [3.8, 4) is 0 Å². The van der Waals surface area contributed by atoms with Gasteiger partial charge in [-0.25, -0.2) is 19.2 Å². The zero-order valence-corrected chi connectivity index (χ0v) is 9.50. The van der Waals surface area contributed by atoms with Crippen LogP contribution in [0.5, 0.6) is 0 Å². The van der Waals surface area contributed by atoms with Gasteiger partial charge in [0.1, 0.15) is 22.9 Å². The van der Waals surface area contributed by atoms with Gasteiger partial charge >= 0.3 is 5.97 Å². The fraction of sp³-hybridized carbons (Fsp3) is 0. The number of carbonyl (C=O) groups excluding carboxylic acids is 1. The predicted molar refractivity (Wildman–Crippen MR) is 63.3 cm³/mol. The molecule has 2 aromatic heterocycles. The van der Waals surface area contributed by atoms with Gasteiger partial charge in [0.25, 0.3) is 5.91 Å². The monoisotopic (exact) mass is 261 g/mol. The second kappa shape index (κ2) is 5.21. The number of carboxylic acids is 1. The molecule has 0 aromatic carbocycles. The highest BCUT2D eigenvalue weighted by Crippen LogP contribution is 2.12. The molecule has 0 spiro atoms. The van der Waals surface area contributed by atoms with Gasteiger partial charge in [-0.15, -0.1) is 0 Å². The number of carboxylic acid groups (broad SMARTS) is 1. The molecule has 2 rings (SSSR count). The molecule has 0 aliphatic heterocycles. The van der Waals surface area contributed by atoms with Gasteiger partial charge in [0, 0.05) is 6.20 Å². The minimum atomic E-state index is -1.21. The maximum atomic E-state index is 12.7. The third-order valence-electron chi connectivity index (χ3n) is 2.23. The van der Waals surface area contributed by atoms with Crippen LogP contribution in [0.2, 0.25) is 0 Å². The lowest BCUT2D eigenvalue weighted by molar-refractivity contribution is 0.0697. The van der Waals surface area contributed by atoms with Crippen LogP contribution in [0.25, 0.3) is 0 Å². The number of anilines is 1. The first-order valence-corrected chi connectivity index (χ1v) is 5.19. The predicted octanol–water partition coefficient (Wildman–Crippen LogP) is 1.57. The van der Waals surface area contributed by atoms with Gasteiger partial charge in [-0.2, -0.15) is 0 Å². The van der Waals surface area contributed by atoms with Crippen molar-refractivity contribution in [1.82, 2.24) is 9.97 Å². The summed E-state index contributed by atoms with van der Waals surface area (Å²) in [6.45, 7) is 0. The zero-order chi connectivity index (χ0) is 13.8. The quantitative estimate of drug-likeness (QED) is 0.874. The maximum absolute atomic E-state index is 12.7. The van der Waals surface area contributed by atoms with E-state index in [2.05, 4.69) is 15.3 Å². The Kier molecular flexibility index (Phi) is 3.46. The van der Waals surface area contributed by atoms with Crippen molar-refractivity contribution >= 4 is 17.7 Å². The number of hydrogen-bond donors (Lipinski definition) is 2. The van der Waals surface area contributed by atoms with Gasteiger partial charge in [0.15, 0.2) is 0 Å². The molecule has 2 heterocycles. The van der Waals surface area contributed by atoms with Crippen LogP contribution < -0.4 is 5.32 Å². The number of aromatic nitrogens is 2. The fourth-order valence-corrected chi connectivity index (χ4v) is 1.36. The Morgan fingerprint density at radius 3 is 2.63 bits per heavy atom. The lowest BCUT2D eigenvalue weighted by Crippen LogP contribution is -2.17. The summed E-state index contributed by atoms with van der Waals surface area (Å²) < 4.78 is 12.7. The van der Waals surface area contributed by atoms with Crippen LogP contribution in [0.3, 0.4) is 0 Å². The fourth-order valence-electron chi connectivity index (χ4n) is 1.36. The summed E-state index contributed by atoms with van der Waals surface area (Å²) in [7, 11) is 0. The molecule has 19 heavy (non-hydrogen) atoms. The molecule has 6 nitrogen and oxygen atoms in total. The Labute approximate surface area is 106 Å². The second-order valence-electron chi connectivity index (χ2n) is 3.52. The van der Waals surface area contributed by atoms with Crippen LogP contribution in [-0.2, 0) is 0 Å². The van der Waals surface area contributed by atoms with Gasteiger partial charge in [0.2, 0.25) is 0 Å². The summed E-state index contributed by atoms with van der Waals surface area (Å²) in [5.41, 5.74) is -0.179. The molecule has 1 amide bonds. The average Bonchev–Trinajstić information content (AvgIpc) is 2.39. The highest BCUT2D eigenvalue weighted by Gasteiger charge is 2.14. The van der Waals surface area contributed by atoms with E-state index in [0.29, 0.717) is 0 Å². The summed E-state index contributed by atoms with van der Waals surface area (Å²) in [5.74, 6) is -2.54. The number of pyridine rings is 2. The smallest absolute Gasteiger partial charge is 0.339 e. The van der Waals surface area contributed by atoms with Crippen molar-refractivity contribution in [3.05, 3.63) is 53.7 Å². The van der Waals surface area contributed by atoms with Crippen molar-refractivity contribution in [1.29, 1.82) is 0 Å². The lowest BCUT2D eigenvalue weighted by atomic mass is 10.2. The molecule has 0 fully saturated rings. The number of carbonyl (C=O) groups is 2. The normalized spacial score (nSPS) is 9.95. The van der Waals surface area contributed by atoms with Gasteiger partial charge < -0.3 is 10.4 Å². The lowest BCUT2D eigenvalue weighted by Gasteiger charge is -2.06. The SMILES string of the molecule is O=C(Nc1ncccc1C(=O)O)c1ccc(F)cn1. The minimum absolute atomic E-state index is 0.0385. The van der Waals surface area contributed by atoms with Crippen LogP contribution in [0.15, 0.2) is 36.7 Å². The maximum Gasteiger partial charge on any atom is 0.339 e. The molecule has 0 saturated carbocycles. The Balaban J connectivity index is 2.24. The molecular weight excluding hydrogens is 253 g/mol. The Bertz CT molecular complexity index is 628. The van der Waals surface area contributed by atoms with E-state index in [-0.39, 0.29) is 17.1 Å². The molecular formula is C12H8FN3O3. The molecule has 0 bridgehead atoms. The summed E-state index contributed by atoms with van der Waals surface area (Å²) >= 11 is 0. The Morgan fingerprint density at radius 1 is 1.21 bits per heavy atom. The highest BCUT2D eigenvalue weighted by atomic mass is 19.1. The summed E-state index contributed by atoms with van der Waals surface area (Å²) in [6, 6.07) is 5.02. The number of hydrogen-bond acceptors (Lipinski definition) is 4. The third kappa shape index (κ3) is 2.89. The first kappa shape index (κ1) is 12.6. The average molecular weight is 261 g/mol. The molecule has 7 heteroatoms. The number of amides is 1. The van der Waals surface area contributed by atoms with Gasteiger partial charge in [-0.05, 0) is 24.3 Å². The molecule has 2 N–H and O–H groups in total. The largest absolute Gasteiger partial charge is 0.478 e. The zero-order valence-electron chi connectivity index (χ0n) is 9.50. The summed E-state index contributed by atoms with van der Waals surface area (Å²) in [6.07, 6.45) is 2.24. The standard InChI is InChI=1S/C12H8FN3O3/c13-7-3-4-9(15-6-7)11(17)16-10-8(12(18)19)2-1-5-14-10/h1-6H,(H,18,19)(H,14,16,17).